The van der Waals surface area contributed by atoms with Gasteiger partial charge in [0, 0.05) is 13.2 Å². The van der Waals surface area contributed by atoms with E-state index >= 15 is 0 Å². The van der Waals surface area contributed by atoms with E-state index in [4.69, 9.17) is 9.47 Å². The van der Waals surface area contributed by atoms with Gasteiger partial charge in [-0.2, -0.15) is 5.10 Å². The highest BCUT2D eigenvalue weighted by molar-refractivity contribution is 5.45. The van der Waals surface area contributed by atoms with Crippen LogP contribution in [0.25, 0.3) is 0 Å². The molecule has 0 radical (unpaired) electrons. The van der Waals surface area contributed by atoms with Crippen molar-refractivity contribution in [2.75, 3.05) is 20.8 Å². The van der Waals surface area contributed by atoms with Crippen LogP contribution in [-0.2, 0) is 7.05 Å². The second-order valence-corrected chi connectivity index (χ2v) is 4.52. The summed E-state index contributed by atoms with van der Waals surface area (Å²) in [7, 11) is 5.20. The average Bonchev–Trinajstić information content (AvgIpc) is 2.90. The molecule has 5 nitrogen and oxygen atoms in total. The van der Waals surface area contributed by atoms with Gasteiger partial charge in [0.15, 0.2) is 11.5 Å². The van der Waals surface area contributed by atoms with Gasteiger partial charge in [0.05, 0.1) is 26.0 Å². The van der Waals surface area contributed by atoms with Crippen molar-refractivity contribution in [3.63, 3.8) is 0 Å². The SMILES string of the molecule is CCNC(c1ccc(OC)c(OC)c1)c1ccn(C)n1. The third-order valence-electron chi connectivity index (χ3n) is 3.18. The predicted molar refractivity (Wildman–Crippen MR) is 78.3 cm³/mol. The predicted octanol–water partition coefficient (Wildman–Crippen LogP) is 2.14. The van der Waals surface area contributed by atoms with Crippen LogP contribution in [0.2, 0.25) is 0 Å². The maximum atomic E-state index is 5.37. The Morgan fingerprint density at radius 2 is 1.95 bits per heavy atom. The highest BCUT2D eigenvalue weighted by Crippen LogP contribution is 2.31. The lowest BCUT2D eigenvalue weighted by atomic mass is 10.0. The number of rotatable bonds is 6. The van der Waals surface area contributed by atoms with E-state index in [-0.39, 0.29) is 6.04 Å². The summed E-state index contributed by atoms with van der Waals surface area (Å²) in [6.45, 7) is 2.94. The third kappa shape index (κ3) is 2.93. The standard InChI is InChI=1S/C15H21N3O2/c1-5-16-15(12-8-9-18(2)17-12)11-6-7-13(19-3)14(10-11)20-4/h6-10,15-16H,5H2,1-4H3. The molecule has 1 heterocycles. The molecule has 0 bridgehead atoms. The Hall–Kier alpha value is -2.01. The number of benzene rings is 1. The van der Waals surface area contributed by atoms with Gasteiger partial charge in [-0.3, -0.25) is 4.68 Å². The molecule has 1 aromatic carbocycles. The Morgan fingerprint density at radius 1 is 1.20 bits per heavy atom. The van der Waals surface area contributed by atoms with Crippen molar-refractivity contribution in [2.45, 2.75) is 13.0 Å². The van der Waals surface area contributed by atoms with Gasteiger partial charge in [0.2, 0.25) is 0 Å². The lowest BCUT2D eigenvalue weighted by Gasteiger charge is -2.18. The first kappa shape index (κ1) is 14.4. The van der Waals surface area contributed by atoms with Crippen molar-refractivity contribution in [1.29, 1.82) is 0 Å². The summed E-state index contributed by atoms with van der Waals surface area (Å²) in [5.41, 5.74) is 2.09. The summed E-state index contributed by atoms with van der Waals surface area (Å²) in [6, 6.07) is 8.00. The van der Waals surface area contributed by atoms with Crippen molar-refractivity contribution in [1.82, 2.24) is 15.1 Å². The van der Waals surface area contributed by atoms with Crippen LogP contribution in [0.1, 0.15) is 24.2 Å². The maximum absolute atomic E-state index is 5.37. The molecule has 0 aliphatic carbocycles. The lowest BCUT2D eigenvalue weighted by Crippen LogP contribution is -2.22. The van der Waals surface area contributed by atoms with Gasteiger partial charge in [-0.15, -0.1) is 0 Å². The highest BCUT2D eigenvalue weighted by atomic mass is 16.5. The zero-order valence-corrected chi connectivity index (χ0v) is 12.4. The largest absolute Gasteiger partial charge is 0.493 e. The maximum Gasteiger partial charge on any atom is 0.161 e. The molecule has 5 heteroatoms. The second-order valence-electron chi connectivity index (χ2n) is 4.52. The van der Waals surface area contributed by atoms with Gasteiger partial charge in [-0.05, 0) is 30.3 Å². The summed E-state index contributed by atoms with van der Waals surface area (Å²) in [4.78, 5) is 0. The minimum Gasteiger partial charge on any atom is -0.493 e. The Balaban J connectivity index is 2.39. The zero-order chi connectivity index (χ0) is 14.5. The van der Waals surface area contributed by atoms with Crippen molar-refractivity contribution in [2.24, 2.45) is 7.05 Å². The Morgan fingerprint density at radius 3 is 2.50 bits per heavy atom. The van der Waals surface area contributed by atoms with Crippen LogP contribution in [0.5, 0.6) is 11.5 Å². The quantitative estimate of drug-likeness (QED) is 0.877. The van der Waals surface area contributed by atoms with Gasteiger partial charge >= 0.3 is 0 Å². The number of methoxy groups -OCH3 is 2. The van der Waals surface area contributed by atoms with Crippen molar-refractivity contribution in [3.8, 4) is 11.5 Å². The molecule has 2 rings (SSSR count). The number of nitrogens with zero attached hydrogens (tertiary/aromatic N) is 2. The zero-order valence-electron chi connectivity index (χ0n) is 12.4. The topological polar surface area (TPSA) is 48.3 Å². The Labute approximate surface area is 119 Å². The number of aromatic nitrogens is 2. The van der Waals surface area contributed by atoms with E-state index in [0.29, 0.717) is 0 Å². The van der Waals surface area contributed by atoms with Crippen LogP contribution in [0.4, 0.5) is 0 Å². The fourth-order valence-corrected chi connectivity index (χ4v) is 2.22. The summed E-state index contributed by atoms with van der Waals surface area (Å²) < 4.78 is 12.4. The highest BCUT2D eigenvalue weighted by Gasteiger charge is 2.17. The normalized spacial score (nSPS) is 12.2. The molecule has 108 valence electrons. The Kier molecular flexibility index (Phi) is 4.63. The molecule has 20 heavy (non-hydrogen) atoms. The molecule has 1 atom stereocenters. The number of ether oxygens (including phenoxy) is 2. The molecule has 0 fully saturated rings. The molecule has 1 N–H and O–H groups in total. The van der Waals surface area contributed by atoms with Crippen molar-refractivity contribution >= 4 is 0 Å². The fraction of sp³-hybridized carbons (Fsp3) is 0.400. The van der Waals surface area contributed by atoms with E-state index in [1.54, 1.807) is 18.9 Å². The Bertz CT molecular complexity index is 566. The van der Waals surface area contributed by atoms with E-state index in [2.05, 4.69) is 17.3 Å². The smallest absolute Gasteiger partial charge is 0.161 e. The van der Waals surface area contributed by atoms with Crippen LogP contribution < -0.4 is 14.8 Å². The van der Waals surface area contributed by atoms with Crippen molar-refractivity contribution < 1.29 is 9.47 Å². The summed E-state index contributed by atoms with van der Waals surface area (Å²) in [5, 5.41) is 7.93. The number of hydrogen-bond donors (Lipinski definition) is 1. The first-order chi connectivity index (χ1) is 9.69. The van der Waals surface area contributed by atoms with E-state index in [9.17, 15) is 0 Å². The second kappa shape index (κ2) is 6.43. The van der Waals surface area contributed by atoms with E-state index in [1.807, 2.05) is 37.5 Å². The molecule has 0 aliphatic rings. The van der Waals surface area contributed by atoms with Gasteiger partial charge in [0.25, 0.3) is 0 Å². The van der Waals surface area contributed by atoms with Gasteiger partial charge < -0.3 is 14.8 Å². The van der Waals surface area contributed by atoms with Gasteiger partial charge in [-0.25, -0.2) is 0 Å². The van der Waals surface area contributed by atoms with Gasteiger partial charge in [-0.1, -0.05) is 13.0 Å². The number of aryl methyl sites for hydroxylation is 1. The summed E-state index contributed by atoms with van der Waals surface area (Å²) >= 11 is 0. The molecular formula is C15H21N3O2. The molecule has 1 unspecified atom stereocenters. The van der Waals surface area contributed by atoms with E-state index in [0.717, 1.165) is 29.3 Å². The molecule has 0 saturated heterocycles. The average molecular weight is 275 g/mol. The lowest BCUT2D eigenvalue weighted by molar-refractivity contribution is 0.354. The number of hydrogen-bond acceptors (Lipinski definition) is 4. The van der Waals surface area contributed by atoms with Crippen LogP contribution >= 0.6 is 0 Å². The minimum absolute atomic E-state index is 0.0426. The molecule has 0 spiro atoms. The fourth-order valence-electron chi connectivity index (χ4n) is 2.22. The molecule has 0 saturated carbocycles. The van der Waals surface area contributed by atoms with Crippen LogP contribution in [0.15, 0.2) is 30.5 Å². The molecule has 0 amide bonds. The van der Waals surface area contributed by atoms with E-state index < -0.39 is 0 Å². The number of nitrogens with one attached hydrogen (secondary N) is 1. The van der Waals surface area contributed by atoms with Crippen LogP contribution in [-0.4, -0.2) is 30.5 Å². The molecular weight excluding hydrogens is 254 g/mol. The first-order valence-corrected chi connectivity index (χ1v) is 6.64. The van der Waals surface area contributed by atoms with Crippen LogP contribution in [0, 0.1) is 0 Å². The third-order valence-corrected chi connectivity index (χ3v) is 3.18. The molecule has 1 aromatic heterocycles. The van der Waals surface area contributed by atoms with E-state index in [1.165, 1.54) is 0 Å². The summed E-state index contributed by atoms with van der Waals surface area (Å²) in [6.07, 6.45) is 1.94. The summed E-state index contributed by atoms with van der Waals surface area (Å²) in [5.74, 6) is 1.45. The molecule has 2 aromatic rings. The van der Waals surface area contributed by atoms with Gasteiger partial charge in [0.1, 0.15) is 0 Å². The van der Waals surface area contributed by atoms with Crippen molar-refractivity contribution in [3.05, 3.63) is 41.7 Å². The van der Waals surface area contributed by atoms with Crippen LogP contribution in [0.3, 0.4) is 0 Å². The monoisotopic (exact) mass is 275 g/mol. The minimum atomic E-state index is 0.0426. The first-order valence-electron chi connectivity index (χ1n) is 6.64. The molecule has 0 aliphatic heterocycles.